The molecule has 1 aromatic heterocycles. The Kier molecular flexibility index (Phi) is 4.85. The number of alkyl halides is 1. The summed E-state index contributed by atoms with van der Waals surface area (Å²) >= 11 is 5.92. The van der Waals surface area contributed by atoms with Gasteiger partial charge in [0.2, 0.25) is 0 Å². The summed E-state index contributed by atoms with van der Waals surface area (Å²) in [4.78, 5) is 4.23. The molecule has 1 aromatic carbocycles. The Bertz CT molecular complexity index is 599. The van der Waals surface area contributed by atoms with Crippen LogP contribution in [0.1, 0.15) is 23.7 Å². The van der Waals surface area contributed by atoms with Crippen LogP contribution in [0.4, 0.5) is 0 Å². The lowest BCUT2D eigenvalue weighted by Crippen LogP contribution is -1.96. The lowest BCUT2D eigenvalue weighted by atomic mass is 10.1. The van der Waals surface area contributed by atoms with Crippen molar-refractivity contribution >= 4 is 11.6 Å². The number of nitrogens with zero attached hydrogens (tertiary/aromatic N) is 1. The van der Waals surface area contributed by atoms with Gasteiger partial charge >= 0.3 is 0 Å². The van der Waals surface area contributed by atoms with Gasteiger partial charge in [-0.2, -0.15) is 0 Å². The number of aromatic nitrogens is 1. The van der Waals surface area contributed by atoms with Crippen LogP contribution in [-0.4, -0.2) is 12.1 Å². The third-order valence-corrected chi connectivity index (χ3v) is 3.37. The van der Waals surface area contributed by atoms with Gasteiger partial charge in [0.05, 0.1) is 13.0 Å². The molecule has 0 unspecified atom stereocenters. The van der Waals surface area contributed by atoms with Crippen LogP contribution in [0.25, 0.3) is 0 Å². The summed E-state index contributed by atoms with van der Waals surface area (Å²) in [6, 6.07) is 7.83. The Hall–Kier alpha value is -1.74. The molecule has 0 aliphatic rings. The van der Waals surface area contributed by atoms with E-state index in [1.54, 1.807) is 13.3 Å². The first-order valence-electron chi connectivity index (χ1n) is 6.54. The number of hydrogen-bond acceptors (Lipinski definition) is 3. The molecular weight excluding hydrogens is 274 g/mol. The highest BCUT2D eigenvalue weighted by Gasteiger charge is 2.10. The Balaban J connectivity index is 2.36. The second-order valence-electron chi connectivity index (χ2n) is 4.51. The Morgan fingerprint density at radius 3 is 2.60 bits per heavy atom. The molecule has 1 heterocycles. The molecule has 0 spiro atoms. The predicted molar refractivity (Wildman–Crippen MR) is 81.0 cm³/mol. The minimum atomic E-state index is 0.359. The normalized spacial score (nSPS) is 10.4. The van der Waals surface area contributed by atoms with E-state index in [2.05, 4.69) is 11.9 Å². The van der Waals surface area contributed by atoms with E-state index in [0.29, 0.717) is 11.6 Å². The van der Waals surface area contributed by atoms with Crippen molar-refractivity contribution in [3.8, 4) is 17.2 Å². The number of halogens is 1. The number of rotatable bonds is 5. The molecule has 0 saturated carbocycles. The zero-order valence-electron chi connectivity index (χ0n) is 11.9. The van der Waals surface area contributed by atoms with E-state index >= 15 is 0 Å². The zero-order valence-corrected chi connectivity index (χ0v) is 12.7. The molecule has 0 saturated heterocycles. The van der Waals surface area contributed by atoms with Crippen LogP contribution in [-0.2, 0) is 12.3 Å². The molecule has 2 aromatic rings. The average Bonchev–Trinajstić information content (AvgIpc) is 2.48. The summed E-state index contributed by atoms with van der Waals surface area (Å²) in [5.74, 6) is 2.48. The van der Waals surface area contributed by atoms with Crippen molar-refractivity contribution in [2.24, 2.45) is 0 Å². The van der Waals surface area contributed by atoms with E-state index in [1.165, 1.54) is 5.56 Å². The minimum absolute atomic E-state index is 0.359. The summed E-state index contributed by atoms with van der Waals surface area (Å²) in [6.07, 6.45) is 2.70. The Morgan fingerprint density at radius 1 is 1.15 bits per heavy atom. The van der Waals surface area contributed by atoms with Crippen LogP contribution < -0.4 is 9.47 Å². The number of benzene rings is 1. The number of methoxy groups -OCH3 is 1. The molecule has 0 N–H and O–H groups in total. The first-order valence-corrected chi connectivity index (χ1v) is 7.07. The second-order valence-corrected chi connectivity index (χ2v) is 4.78. The summed E-state index contributed by atoms with van der Waals surface area (Å²) in [5.41, 5.74) is 2.95. The lowest BCUT2D eigenvalue weighted by Gasteiger charge is -2.14. The van der Waals surface area contributed by atoms with E-state index in [0.717, 1.165) is 29.2 Å². The Labute approximate surface area is 124 Å². The molecule has 2 rings (SSSR count). The smallest absolute Gasteiger partial charge is 0.169 e. The van der Waals surface area contributed by atoms with Gasteiger partial charge in [-0.05, 0) is 31.0 Å². The predicted octanol–water partition coefficient (Wildman–Crippen LogP) is 4.49. The maximum absolute atomic E-state index is 5.95. The Morgan fingerprint density at radius 2 is 1.95 bits per heavy atom. The van der Waals surface area contributed by atoms with E-state index in [-0.39, 0.29) is 0 Å². The van der Waals surface area contributed by atoms with Gasteiger partial charge in [0.15, 0.2) is 11.5 Å². The summed E-state index contributed by atoms with van der Waals surface area (Å²) in [6.45, 7) is 4.02. The van der Waals surface area contributed by atoms with Gasteiger partial charge < -0.3 is 9.47 Å². The first kappa shape index (κ1) is 14.7. The van der Waals surface area contributed by atoms with Gasteiger partial charge in [0.25, 0.3) is 0 Å². The molecule has 4 heteroatoms. The standard InChI is InChI=1S/C16H18ClNO2/c1-4-12-5-6-14(16(8-12)19-3)20-15-7-11(2)18-10-13(15)9-17/h5-8,10H,4,9H2,1-3H3. The van der Waals surface area contributed by atoms with E-state index in [4.69, 9.17) is 21.1 Å². The molecule has 0 atom stereocenters. The fourth-order valence-corrected chi connectivity index (χ4v) is 2.09. The quantitative estimate of drug-likeness (QED) is 0.761. The largest absolute Gasteiger partial charge is 0.493 e. The van der Waals surface area contributed by atoms with Crippen molar-refractivity contribution in [1.82, 2.24) is 4.98 Å². The number of ether oxygens (including phenoxy) is 2. The third-order valence-electron chi connectivity index (χ3n) is 3.08. The van der Waals surface area contributed by atoms with Crippen LogP contribution in [0.5, 0.6) is 17.2 Å². The van der Waals surface area contributed by atoms with Gasteiger partial charge in [-0.3, -0.25) is 4.98 Å². The van der Waals surface area contributed by atoms with Gasteiger partial charge in [-0.15, -0.1) is 11.6 Å². The number of hydrogen-bond donors (Lipinski definition) is 0. The van der Waals surface area contributed by atoms with Gasteiger partial charge in [-0.1, -0.05) is 13.0 Å². The highest BCUT2D eigenvalue weighted by molar-refractivity contribution is 6.17. The topological polar surface area (TPSA) is 31.4 Å². The summed E-state index contributed by atoms with van der Waals surface area (Å²) in [7, 11) is 1.64. The van der Waals surface area contributed by atoms with E-state index < -0.39 is 0 Å². The molecule has 0 aliphatic carbocycles. The molecule has 0 aliphatic heterocycles. The fraction of sp³-hybridized carbons (Fsp3) is 0.312. The summed E-state index contributed by atoms with van der Waals surface area (Å²) in [5, 5.41) is 0. The van der Waals surface area contributed by atoms with Crippen LogP contribution in [0.15, 0.2) is 30.5 Å². The summed E-state index contributed by atoms with van der Waals surface area (Å²) < 4.78 is 11.3. The lowest BCUT2D eigenvalue weighted by molar-refractivity contribution is 0.377. The van der Waals surface area contributed by atoms with Gasteiger partial charge in [0.1, 0.15) is 5.75 Å². The first-order chi connectivity index (χ1) is 9.67. The fourth-order valence-electron chi connectivity index (χ4n) is 1.89. The van der Waals surface area contributed by atoms with Gasteiger partial charge in [-0.25, -0.2) is 0 Å². The van der Waals surface area contributed by atoms with Crippen molar-refractivity contribution in [2.45, 2.75) is 26.1 Å². The molecular formula is C16H18ClNO2. The maximum atomic E-state index is 5.95. The van der Waals surface area contributed by atoms with Crippen molar-refractivity contribution in [3.63, 3.8) is 0 Å². The molecule has 20 heavy (non-hydrogen) atoms. The third kappa shape index (κ3) is 3.23. The van der Waals surface area contributed by atoms with Crippen LogP contribution in [0.3, 0.4) is 0 Å². The van der Waals surface area contributed by atoms with E-state index in [9.17, 15) is 0 Å². The molecule has 3 nitrogen and oxygen atoms in total. The maximum Gasteiger partial charge on any atom is 0.169 e. The molecule has 0 bridgehead atoms. The van der Waals surface area contributed by atoms with Gasteiger partial charge in [0, 0.05) is 23.5 Å². The molecule has 0 amide bonds. The zero-order chi connectivity index (χ0) is 14.5. The molecule has 106 valence electrons. The average molecular weight is 292 g/mol. The number of pyridine rings is 1. The van der Waals surface area contributed by atoms with Crippen molar-refractivity contribution < 1.29 is 9.47 Å². The van der Waals surface area contributed by atoms with Crippen LogP contribution in [0, 0.1) is 6.92 Å². The minimum Gasteiger partial charge on any atom is -0.493 e. The van der Waals surface area contributed by atoms with E-state index in [1.807, 2.05) is 31.2 Å². The monoisotopic (exact) mass is 291 g/mol. The van der Waals surface area contributed by atoms with Crippen molar-refractivity contribution in [3.05, 3.63) is 47.3 Å². The van der Waals surface area contributed by atoms with Crippen LogP contribution in [0.2, 0.25) is 0 Å². The molecule has 0 fully saturated rings. The number of aryl methyl sites for hydroxylation is 2. The highest BCUT2D eigenvalue weighted by Crippen LogP contribution is 2.34. The SMILES string of the molecule is CCc1ccc(Oc2cc(C)ncc2CCl)c(OC)c1. The van der Waals surface area contributed by atoms with Crippen molar-refractivity contribution in [2.75, 3.05) is 7.11 Å². The highest BCUT2D eigenvalue weighted by atomic mass is 35.5. The van der Waals surface area contributed by atoms with Crippen LogP contribution >= 0.6 is 11.6 Å². The molecule has 0 radical (unpaired) electrons. The second kappa shape index (κ2) is 6.62. The van der Waals surface area contributed by atoms with Crippen molar-refractivity contribution in [1.29, 1.82) is 0 Å².